The van der Waals surface area contributed by atoms with E-state index in [-0.39, 0.29) is 11.8 Å². The number of benzene rings is 1. The first-order valence-electron chi connectivity index (χ1n) is 6.92. The normalized spacial score (nSPS) is 13.7. The molecule has 2 heterocycles. The molecule has 2 amide bonds. The maximum atomic E-state index is 12.7. The summed E-state index contributed by atoms with van der Waals surface area (Å²) in [6.45, 7) is 1.92. The summed E-state index contributed by atoms with van der Waals surface area (Å²) in [7, 11) is 1.53. The maximum Gasteiger partial charge on any atom is 0.270 e. The first kappa shape index (κ1) is 15.8. The Morgan fingerprint density at radius 2 is 2.26 bits per heavy atom. The van der Waals surface area contributed by atoms with Gasteiger partial charge in [0.15, 0.2) is 5.13 Å². The molecule has 2 aromatic rings. The molecule has 1 aliphatic rings. The second kappa shape index (κ2) is 6.17. The molecule has 0 saturated carbocycles. The second-order valence-electron chi connectivity index (χ2n) is 5.00. The molecule has 0 unspecified atom stereocenters. The predicted molar refractivity (Wildman–Crippen MR) is 89.8 cm³/mol. The number of nitrogens with zero attached hydrogens (tertiary/aromatic N) is 2. The second-order valence-corrected chi connectivity index (χ2v) is 6.41. The van der Waals surface area contributed by atoms with Gasteiger partial charge in [0.05, 0.1) is 17.8 Å². The number of thiazole rings is 1. The summed E-state index contributed by atoms with van der Waals surface area (Å²) in [5, 5.41) is 3.57. The Morgan fingerprint density at radius 3 is 2.96 bits per heavy atom. The zero-order valence-corrected chi connectivity index (χ0v) is 14.1. The summed E-state index contributed by atoms with van der Waals surface area (Å²) in [6.07, 6.45) is 0.627. The number of methoxy groups -OCH3 is 1. The lowest BCUT2D eigenvalue weighted by molar-refractivity contribution is -0.114. The number of nitrogens with one attached hydrogen (secondary N) is 1. The predicted octanol–water partition coefficient (Wildman–Crippen LogP) is 2.97. The fraction of sp³-hybridized carbons (Fsp3) is 0.267. The van der Waals surface area contributed by atoms with Crippen LogP contribution in [-0.4, -0.2) is 30.5 Å². The maximum absolute atomic E-state index is 12.7. The van der Waals surface area contributed by atoms with Crippen molar-refractivity contribution in [1.29, 1.82) is 0 Å². The van der Waals surface area contributed by atoms with E-state index in [1.54, 1.807) is 23.1 Å². The van der Waals surface area contributed by atoms with Crippen LogP contribution in [0.5, 0.6) is 5.75 Å². The first-order valence-corrected chi connectivity index (χ1v) is 8.11. The Bertz CT molecular complexity index is 790. The Labute approximate surface area is 142 Å². The summed E-state index contributed by atoms with van der Waals surface area (Å²) in [4.78, 5) is 30.4. The van der Waals surface area contributed by atoms with Gasteiger partial charge >= 0.3 is 0 Å². The van der Waals surface area contributed by atoms with Crippen LogP contribution in [0.25, 0.3) is 0 Å². The summed E-state index contributed by atoms with van der Waals surface area (Å²) in [5.74, 6) is 0.179. The van der Waals surface area contributed by atoms with Crippen LogP contribution in [0.1, 0.15) is 22.3 Å². The van der Waals surface area contributed by atoms with Crippen molar-refractivity contribution >= 4 is 45.6 Å². The molecule has 1 aromatic carbocycles. The minimum Gasteiger partial charge on any atom is -0.495 e. The lowest BCUT2D eigenvalue weighted by Crippen LogP contribution is -2.36. The Hall–Kier alpha value is -2.12. The zero-order chi connectivity index (χ0) is 16.6. The van der Waals surface area contributed by atoms with Crippen molar-refractivity contribution in [3.05, 3.63) is 33.8 Å². The van der Waals surface area contributed by atoms with E-state index in [0.717, 1.165) is 11.4 Å². The molecular formula is C15H14ClN3O3S. The third-order valence-electron chi connectivity index (χ3n) is 3.44. The highest BCUT2D eigenvalue weighted by atomic mass is 35.5. The Morgan fingerprint density at radius 1 is 1.48 bits per heavy atom. The van der Waals surface area contributed by atoms with Crippen LogP contribution in [0.15, 0.2) is 18.2 Å². The molecule has 0 fully saturated rings. The number of fused-ring (bicyclic) bond motifs is 1. The van der Waals surface area contributed by atoms with Crippen LogP contribution in [0.4, 0.5) is 10.8 Å². The van der Waals surface area contributed by atoms with Gasteiger partial charge < -0.3 is 15.0 Å². The van der Waals surface area contributed by atoms with Crippen molar-refractivity contribution in [1.82, 2.24) is 4.98 Å². The largest absolute Gasteiger partial charge is 0.495 e. The number of carbonyl (C=O) groups is 2. The monoisotopic (exact) mass is 351 g/mol. The number of ether oxygens (including phenoxy) is 1. The number of anilines is 2. The number of hydrogen-bond acceptors (Lipinski definition) is 5. The molecule has 0 saturated heterocycles. The van der Waals surface area contributed by atoms with Crippen molar-refractivity contribution < 1.29 is 14.3 Å². The van der Waals surface area contributed by atoms with Crippen LogP contribution in [0, 0.1) is 0 Å². The quantitative estimate of drug-likeness (QED) is 0.922. The molecule has 1 aromatic heterocycles. The zero-order valence-electron chi connectivity index (χ0n) is 12.6. The van der Waals surface area contributed by atoms with Gasteiger partial charge in [-0.1, -0.05) is 22.9 Å². The van der Waals surface area contributed by atoms with E-state index < -0.39 is 0 Å². The van der Waals surface area contributed by atoms with Gasteiger partial charge in [0.2, 0.25) is 5.91 Å². The SMILES string of the molecule is COc1cc(N2CCc3nc(NC(C)=O)sc3C2=O)ccc1Cl. The van der Waals surface area contributed by atoms with Gasteiger partial charge in [0.25, 0.3) is 5.91 Å². The number of amides is 2. The molecule has 0 bridgehead atoms. The van der Waals surface area contributed by atoms with E-state index in [1.807, 2.05) is 0 Å². The molecule has 1 N–H and O–H groups in total. The molecule has 0 radical (unpaired) electrons. The first-order chi connectivity index (χ1) is 11.0. The van der Waals surface area contributed by atoms with E-state index in [9.17, 15) is 9.59 Å². The van der Waals surface area contributed by atoms with E-state index in [2.05, 4.69) is 10.3 Å². The number of aromatic nitrogens is 1. The van der Waals surface area contributed by atoms with Crippen molar-refractivity contribution in [3.63, 3.8) is 0 Å². The molecule has 0 aliphatic carbocycles. The fourth-order valence-electron chi connectivity index (χ4n) is 2.40. The van der Waals surface area contributed by atoms with Crippen molar-refractivity contribution in [2.45, 2.75) is 13.3 Å². The van der Waals surface area contributed by atoms with Gasteiger partial charge in [-0.2, -0.15) is 0 Å². The average molecular weight is 352 g/mol. The molecule has 1 aliphatic heterocycles. The van der Waals surface area contributed by atoms with E-state index in [4.69, 9.17) is 16.3 Å². The van der Waals surface area contributed by atoms with Crippen LogP contribution >= 0.6 is 22.9 Å². The molecule has 120 valence electrons. The highest BCUT2D eigenvalue weighted by molar-refractivity contribution is 7.17. The smallest absolute Gasteiger partial charge is 0.270 e. The fourth-order valence-corrected chi connectivity index (χ4v) is 3.60. The van der Waals surface area contributed by atoms with Gasteiger partial charge in [-0.05, 0) is 12.1 Å². The lowest BCUT2D eigenvalue weighted by Gasteiger charge is -2.26. The molecule has 23 heavy (non-hydrogen) atoms. The lowest BCUT2D eigenvalue weighted by atomic mass is 10.1. The van der Waals surface area contributed by atoms with Gasteiger partial charge in [0.1, 0.15) is 10.6 Å². The summed E-state index contributed by atoms with van der Waals surface area (Å²) < 4.78 is 5.20. The van der Waals surface area contributed by atoms with Crippen molar-refractivity contribution in [3.8, 4) is 5.75 Å². The Kier molecular flexibility index (Phi) is 4.23. The average Bonchev–Trinajstić information content (AvgIpc) is 2.91. The summed E-state index contributed by atoms with van der Waals surface area (Å²) in [5.41, 5.74) is 1.44. The summed E-state index contributed by atoms with van der Waals surface area (Å²) >= 11 is 7.22. The molecule has 6 nitrogen and oxygen atoms in total. The summed E-state index contributed by atoms with van der Waals surface area (Å²) in [6, 6.07) is 5.22. The van der Waals surface area contributed by atoms with E-state index in [1.165, 1.54) is 25.4 Å². The van der Waals surface area contributed by atoms with Crippen LogP contribution in [0.2, 0.25) is 5.02 Å². The highest BCUT2D eigenvalue weighted by Crippen LogP contribution is 2.34. The van der Waals surface area contributed by atoms with Crippen LogP contribution < -0.4 is 15.0 Å². The van der Waals surface area contributed by atoms with E-state index >= 15 is 0 Å². The number of carbonyl (C=O) groups excluding carboxylic acids is 2. The minimum absolute atomic E-state index is 0.135. The third kappa shape index (κ3) is 3.02. The number of hydrogen-bond donors (Lipinski definition) is 1. The van der Waals surface area contributed by atoms with Gasteiger partial charge in [0, 0.05) is 31.6 Å². The van der Waals surface area contributed by atoms with Crippen molar-refractivity contribution in [2.24, 2.45) is 0 Å². The third-order valence-corrected chi connectivity index (χ3v) is 4.75. The minimum atomic E-state index is -0.206. The molecule has 8 heteroatoms. The molecule has 0 atom stereocenters. The topological polar surface area (TPSA) is 71.5 Å². The van der Waals surface area contributed by atoms with Crippen LogP contribution in [0.3, 0.4) is 0 Å². The molecule has 3 rings (SSSR count). The van der Waals surface area contributed by atoms with Gasteiger partial charge in [-0.15, -0.1) is 0 Å². The van der Waals surface area contributed by atoms with Crippen LogP contribution in [-0.2, 0) is 11.2 Å². The molecular weight excluding hydrogens is 338 g/mol. The molecule has 0 spiro atoms. The number of halogens is 1. The van der Waals surface area contributed by atoms with Gasteiger partial charge in [-0.25, -0.2) is 4.98 Å². The van der Waals surface area contributed by atoms with E-state index in [0.29, 0.717) is 33.7 Å². The highest BCUT2D eigenvalue weighted by Gasteiger charge is 2.29. The van der Waals surface area contributed by atoms with Gasteiger partial charge in [-0.3, -0.25) is 9.59 Å². The van der Waals surface area contributed by atoms with Crippen molar-refractivity contribution in [2.75, 3.05) is 23.9 Å². The number of rotatable bonds is 3. The standard InChI is InChI=1S/C15H14ClN3O3S/c1-8(20)17-15-18-11-5-6-19(14(21)13(11)23-15)9-3-4-10(16)12(7-9)22-2/h3-4,7H,5-6H2,1-2H3,(H,17,18,20). The Balaban J connectivity index is 1.91.